The van der Waals surface area contributed by atoms with Gasteiger partial charge in [0.15, 0.2) is 11.5 Å². The first-order valence-electron chi connectivity index (χ1n) is 8.81. The summed E-state index contributed by atoms with van der Waals surface area (Å²) in [4.78, 5) is 2.57. The zero-order valence-electron chi connectivity index (χ0n) is 14.4. The first-order chi connectivity index (χ1) is 11.3. The predicted octanol–water partition coefficient (Wildman–Crippen LogP) is 3.34. The van der Waals surface area contributed by atoms with Crippen molar-refractivity contribution < 1.29 is 14.2 Å². The van der Waals surface area contributed by atoms with Crippen molar-refractivity contribution in [3.63, 3.8) is 0 Å². The van der Waals surface area contributed by atoms with Crippen LogP contribution in [0.4, 0.5) is 0 Å². The van der Waals surface area contributed by atoms with Crippen LogP contribution in [0.15, 0.2) is 18.2 Å². The molecule has 128 valence electrons. The lowest BCUT2D eigenvalue weighted by atomic mass is 9.80. The third-order valence-electron chi connectivity index (χ3n) is 5.42. The Kier molecular flexibility index (Phi) is 5.79. The molecule has 2 fully saturated rings. The molecule has 4 nitrogen and oxygen atoms in total. The topological polar surface area (TPSA) is 30.9 Å². The van der Waals surface area contributed by atoms with Crippen molar-refractivity contribution in [3.8, 4) is 11.5 Å². The quantitative estimate of drug-likeness (QED) is 0.833. The highest BCUT2D eigenvalue weighted by atomic mass is 16.5. The van der Waals surface area contributed by atoms with Crippen molar-refractivity contribution in [2.75, 3.05) is 40.5 Å². The summed E-state index contributed by atoms with van der Waals surface area (Å²) in [5.41, 5.74) is 1.30. The Morgan fingerprint density at radius 2 is 1.61 bits per heavy atom. The molecule has 0 N–H and O–H groups in total. The minimum absolute atomic E-state index is 0.800. The largest absolute Gasteiger partial charge is 0.493 e. The summed E-state index contributed by atoms with van der Waals surface area (Å²) in [6.07, 6.45) is 5.19. The lowest BCUT2D eigenvalue weighted by Gasteiger charge is -2.37. The molecule has 0 amide bonds. The molecule has 1 aromatic carbocycles. The molecule has 0 atom stereocenters. The Morgan fingerprint density at radius 3 is 2.26 bits per heavy atom. The smallest absolute Gasteiger partial charge is 0.161 e. The Bertz CT molecular complexity index is 491. The van der Waals surface area contributed by atoms with E-state index in [4.69, 9.17) is 14.2 Å². The monoisotopic (exact) mass is 319 g/mol. The van der Waals surface area contributed by atoms with Crippen LogP contribution in [0.2, 0.25) is 0 Å². The van der Waals surface area contributed by atoms with Gasteiger partial charge in [0.05, 0.1) is 14.2 Å². The molecule has 1 aromatic rings. The summed E-state index contributed by atoms with van der Waals surface area (Å²) in [5, 5.41) is 0. The van der Waals surface area contributed by atoms with Crippen LogP contribution in [0.25, 0.3) is 0 Å². The highest BCUT2D eigenvalue weighted by Gasteiger charge is 2.27. The van der Waals surface area contributed by atoms with Gasteiger partial charge in [0.2, 0.25) is 0 Å². The van der Waals surface area contributed by atoms with E-state index in [1.165, 1.54) is 44.3 Å². The molecule has 0 radical (unpaired) electrons. The number of piperidine rings is 1. The van der Waals surface area contributed by atoms with Crippen molar-refractivity contribution in [1.29, 1.82) is 0 Å². The molecule has 0 spiro atoms. The summed E-state index contributed by atoms with van der Waals surface area (Å²) >= 11 is 0. The number of likely N-dealkylation sites (tertiary alicyclic amines) is 1. The number of ether oxygens (including phenoxy) is 3. The van der Waals surface area contributed by atoms with Gasteiger partial charge >= 0.3 is 0 Å². The Balaban J connectivity index is 1.52. The number of hydrogen-bond acceptors (Lipinski definition) is 4. The van der Waals surface area contributed by atoms with Gasteiger partial charge in [-0.25, -0.2) is 0 Å². The lowest BCUT2D eigenvalue weighted by Crippen LogP contribution is -2.37. The van der Waals surface area contributed by atoms with Crippen LogP contribution in [-0.4, -0.2) is 45.4 Å². The van der Waals surface area contributed by atoms with E-state index in [0.29, 0.717) is 0 Å². The fraction of sp³-hybridized carbons (Fsp3) is 0.684. The standard InChI is InChI=1S/C19H29NO3/c1-21-18-4-3-15(13-19(18)22-2)14-20-9-5-16(6-10-20)17-7-11-23-12-8-17/h3-4,13,16-17H,5-12,14H2,1-2H3. The second kappa shape index (κ2) is 8.02. The predicted molar refractivity (Wildman–Crippen MR) is 91.1 cm³/mol. The molecule has 2 heterocycles. The Labute approximate surface area is 139 Å². The van der Waals surface area contributed by atoms with Crippen molar-refractivity contribution in [2.24, 2.45) is 11.8 Å². The molecular weight excluding hydrogens is 290 g/mol. The van der Waals surface area contributed by atoms with Crippen LogP contribution >= 0.6 is 0 Å². The average Bonchev–Trinajstić information content (AvgIpc) is 2.63. The van der Waals surface area contributed by atoms with Crippen LogP contribution < -0.4 is 9.47 Å². The van der Waals surface area contributed by atoms with E-state index in [9.17, 15) is 0 Å². The normalized spacial score (nSPS) is 21.3. The molecule has 0 unspecified atom stereocenters. The van der Waals surface area contributed by atoms with E-state index in [-0.39, 0.29) is 0 Å². The zero-order valence-corrected chi connectivity index (χ0v) is 14.4. The van der Waals surface area contributed by atoms with E-state index in [2.05, 4.69) is 17.0 Å². The van der Waals surface area contributed by atoms with Gasteiger partial charge in [-0.15, -0.1) is 0 Å². The van der Waals surface area contributed by atoms with Crippen LogP contribution in [-0.2, 0) is 11.3 Å². The van der Waals surface area contributed by atoms with Crippen molar-refractivity contribution in [2.45, 2.75) is 32.2 Å². The third kappa shape index (κ3) is 4.18. The maximum Gasteiger partial charge on any atom is 0.161 e. The van der Waals surface area contributed by atoms with Gasteiger partial charge in [0.25, 0.3) is 0 Å². The van der Waals surface area contributed by atoms with E-state index in [0.717, 1.165) is 43.1 Å². The zero-order chi connectivity index (χ0) is 16.1. The van der Waals surface area contributed by atoms with E-state index >= 15 is 0 Å². The highest BCUT2D eigenvalue weighted by Crippen LogP contribution is 2.33. The van der Waals surface area contributed by atoms with Crippen LogP contribution in [0.3, 0.4) is 0 Å². The van der Waals surface area contributed by atoms with Gasteiger partial charge in [-0.05, 0) is 68.3 Å². The fourth-order valence-electron chi connectivity index (χ4n) is 4.01. The second-order valence-corrected chi connectivity index (χ2v) is 6.75. The van der Waals surface area contributed by atoms with Gasteiger partial charge in [-0.1, -0.05) is 6.07 Å². The number of hydrogen-bond donors (Lipinski definition) is 0. The second-order valence-electron chi connectivity index (χ2n) is 6.75. The first-order valence-corrected chi connectivity index (χ1v) is 8.81. The molecule has 0 aromatic heterocycles. The van der Waals surface area contributed by atoms with E-state index in [1.807, 2.05) is 6.07 Å². The number of benzene rings is 1. The van der Waals surface area contributed by atoms with Crippen LogP contribution in [0, 0.1) is 11.8 Å². The summed E-state index contributed by atoms with van der Waals surface area (Å²) in [5.74, 6) is 3.42. The van der Waals surface area contributed by atoms with Gasteiger partial charge in [0, 0.05) is 19.8 Å². The lowest BCUT2D eigenvalue weighted by molar-refractivity contribution is 0.0296. The van der Waals surface area contributed by atoms with Crippen LogP contribution in [0.5, 0.6) is 11.5 Å². The summed E-state index contributed by atoms with van der Waals surface area (Å²) < 4.78 is 16.2. The number of methoxy groups -OCH3 is 2. The summed E-state index contributed by atoms with van der Waals surface area (Å²) in [6, 6.07) is 6.25. The van der Waals surface area contributed by atoms with Gasteiger partial charge < -0.3 is 14.2 Å². The molecule has 2 aliphatic heterocycles. The molecular formula is C19H29NO3. The minimum atomic E-state index is 0.800. The molecule has 23 heavy (non-hydrogen) atoms. The van der Waals surface area contributed by atoms with E-state index < -0.39 is 0 Å². The van der Waals surface area contributed by atoms with Crippen molar-refractivity contribution >= 4 is 0 Å². The molecule has 4 heteroatoms. The van der Waals surface area contributed by atoms with Gasteiger partial charge in [0.1, 0.15) is 0 Å². The molecule has 2 saturated heterocycles. The minimum Gasteiger partial charge on any atom is -0.493 e. The highest BCUT2D eigenvalue weighted by molar-refractivity contribution is 5.42. The summed E-state index contributed by atoms with van der Waals surface area (Å²) in [6.45, 7) is 5.35. The number of rotatable bonds is 5. The number of nitrogens with zero attached hydrogens (tertiary/aromatic N) is 1. The average molecular weight is 319 g/mol. The van der Waals surface area contributed by atoms with Gasteiger partial charge in [-0.3, -0.25) is 4.90 Å². The van der Waals surface area contributed by atoms with Gasteiger partial charge in [-0.2, -0.15) is 0 Å². The molecule has 0 saturated carbocycles. The SMILES string of the molecule is COc1ccc(CN2CCC(C3CCOCC3)CC2)cc1OC. The third-order valence-corrected chi connectivity index (χ3v) is 5.42. The van der Waals surface area contributed by atoms with Crippen LogP contribution in [0.1, 0.15) is 31.2 Å². The maximum absolute atomic E-state index is 5.50. The van der Waals surface area contributed by atoms with Crippen molar-refractivity contribution in [1.82, 2.24) is 4.90 Å². The van der Waals surface area contributed by atoms with Crippen molar-refractivity contribution in [3.05, 3.63) is 23.8 Å². The molecule has 2 aliphatic rings. The first kappa shape index (κ1) is 16.6. The molecule has 0 bridgehead atoms. The fourth-order valence-corrected chi connectivity index (χ4v) is 4.01. The Morgan fingerprint density at radius 1 is 0.957 bits per heavy atom. The maximum atomic E-state index is 5.50. The summed E-state index contributed by atoms with van der Waals surface area (Å²) in [7, 11) is 3.37. The molecule has 3 rings (SSSR count). The van der Waals surface area contributed by atoms with E-state index in [1.54, 1.807) is 14.2 Å². The Hall–Kier alpha value is -1.26. The molecule has 0 aliphatic carbocycles.